The second-order valence-corrected chi connectivity index (χ2v) is 8.34. The zero-order valence-electron chi connectivity index (χ0n) is 18.4. The summed E-state index contributed by atoms with van der Waals surface area (Å²) in [5.41, 5.74) is 3.87. The van der Waals surface area contributed by atoms with E-state index < -0.39 is 0 Å². The molecule has 3 heterocycles. The van der Waals surface area contributed by atoms with Crippen LogP contribution in [-0.2, 0) is 4.79 Å². The number of rotatable bonds is 3. The third-order valence-electron chi connectivity index (χ3n) is 6.29. The van der Waals surface area contributed by atoms with E-state index in [0.717, 1.165) is 28.2 Å². The Morgan fingerprint density at radius 3 is 2.59 bits per heavy atom. The molecule has 0 unspecified atom stereocenters. The van der Waals surface area contributed by atoms with Crippen molar-refractivity contribution in [2.75, 3.05) is 13.7 Å². The fraction of sp³-hybridized carbons (Fsp3) is 0.143. The molecule has 6 rings (SSSR count). The quantitative estimate of drug-likeness (QED) is 0.310. The zero-order chi connectivity index (χ0) is 23.2. The van der Waals surface area contributed by atoms with Gasteiger partial charge in [0.1, 0.15) is 29.6 Å². The van der Waals surface area contributed by atoms with Crippen LogP contribution in [0.3, 0.4) is 0 Å². The van der Waals surface area contributed by atoms with Crippen molar-refractivity contribution in [3.63, 3.8) is 0 Å². The number of ether oxygens (including phenoxy) is 4. The van der Waals surface area contributed by atoms with Gasteiger partial charge in [-0.25, -0.2) is 0 Å². The van der Waals surface area contributed by atoms with Crippen molar-refractivity contribution >= 4 is 23.9 Å². The van der Waals surface area contributed by atoms with Crippen molar-refractivity contribution in [2.24, 2.45) is 0 Å². The molecule has 0 N–H and O–H groups in total. The van der Waals surface area contributed by atoms with Gasteiger partial charge >= 0.3 is 5.97 Å². The van der Waals surface area contributed by atoms with Gasteiger partial charge in [0, 0.05) is 17.0 Å². The highest BCUT2D eigenvalue weighted by molar-refractivity contribution is 6.15. The first-order valence-electron chi connectivity index (χ1n) is 11.0. The number of fused-ring (bicyclic) bond motifs is 4. The van der Waals surface area contributed by atoms with Crippen LogP contribution in [0, 0.1) is 0 Å². The van der Waals surface area contributed by atoms with Gasteiger partial charge in [-0.15, -0.1) is 0 Å². The third-order valence-corrected chi connectivity index (χ3v) is 6.29. The molecule has 0 spiro atoms. The smallest absolute Gasteiger partial charge is 0.312 e. The summed E-state index contributed by atoms with van der Waals surface area (Å²) in [6.45, 7) is 0.348. The number of allylic oxidation sites excluding steroid dienone is 1. The molecule has 0 fully saturated rings. The van der Waals surface area contributed by atoms with E-state index in [1.807, 2.05) is 48.5 Å². The lowest BCUT2D eigenvalue weighted by Gasteiger charge is -2.29. The number of carbonyl (C=O) groups is 2. The molecule has 0 aromatic heterocycles. The first-order valence-corrected chi connectivity index (χ1v) is 11.0. The van der Waals surface area contributed by atoms with Gasteiger partial charge in [0.25, 0.3) is 0 Å². The van der Waals surface area contributed by atoms with E-state index in [-0.39, 0.29) is 29.9 Å². The highest BCUT2D eigenvalue weighted by Crippen LogP contribution is 2.50. The number of para-hydroxylation sites is 1. The van der Waals surface area contributed by atoms with Gasteiger partial charge < -0.3 is 18.9 Å². The molecule has 0 saturated carbocycles. The Morgan fingerprint density at radius 1 is 0.941 bits per heavy atom. The number of hydrogen-bond acceptors (Lipinski definition) is 6. The minimum Gasteiger partial charge on any atom is -0.497 e. The Hall–Kier alpha value is -4.32. The normalized spacial score (nSPS) is 19.3. The van der Waals surface area contributed by atoms with Crippen molar-refractivity contribution in [3.05, 3.63) is 94.2 Å². The van der Waals surface area contributed by atoms with Crippen LogP contribution in [-0.4, -0.2) is 25.5 Å². The highest BCUT2D eigenvalue weighted by Gasteiger charge is 2.39. The van der Waals surface area contributed by atoms with Crippen molar-refractivity contribution in [2.45, 2.75) is 12.3 Å². The SMILES string of the molecule is COc1ccc(/C=C2\Oc3c(ccc4c3[C@@H](C3=Cc5ccccc5OC3)CC(=O)O4)C2=O)cc1. The maximum Gasteiger partial charge on any atom is 0.312 e. The van der Waals surface area contributed by atoms with Crippen LogP contribution in [0.1, 0.15) is 39.4 Å². The van der Waals surface area contributed by atoms with Crippen molar-refractivity contribution in [3.8, 4) is 23.0 Å². The number of methoxy groups -OCH3 is 1. The summed E-state index contributed by atoms with van der Waals surface area (Å²) in [6, 6.07) is 18.4. The average molecular weight is 452 g/mol. The Balaban J connectivity index is 1.41. The molecule has 34 heavy (non-hydrogen) atoms. The van der Waals surface area contributed by atoms with E-state index >= 15 is 0 Å². The van der Waals surface area contributed by atoms with Crippen molar-refractivity contribution < 1.29 is 28.5 Å². The largest absolute Gasteiger partial charge is 0.497 e. The van der Waals surface area contributed by atoms with Gasteiger partial charge in [-0.05, 0) is 53.6 Å². The Morgan fingerprint density at radius 2 is 1.76 bits per heavy atom. The first-order chi connectivity index (χ1) is 16.6. The van der Waals surface area contributed by atoms with Crippen LogP contribution >= 0.6 is 0 Å². The summed E-state index contributed by atoms with van der Waals surface area (Å²) in [4.78, 5) is 25.6. The fourth-order valence-corrected chi connectivity index (χ4v) is 4.61. The molecular formula is C28H20O6. The van der Waals surface area contributed by atoms with E-state index in [0.29, 0.717) is 29.2 Å². The summed E-state index contributed by atoms with van der Waals surface area (Å²) < 4.78 is 22.8. The summed E-state index contributed by atoms with van der Waals surface area (Å²) in [7, 11) is 1.60. The van der Waals surface area contributed by atoms with Crippen LogP contribution in [0.5, 0.6) is 23.0 Å². The van der Waals surface area contributed by atoms with E-state index in [2.05, 4.69) is 6.08 Å². The predicted octanol–water partition coefficient (Wildman–Crippen LogP) is 5.18. The summed E-state index contributed by atoms with van der Waals surface area (Å²) in [5.74, 6) is 1.78. The molecule has 3 aromatic rings. The van der Waals surface area contributed by atoms with Gasteiger partial charge in [0.05, 0.1) is 19.1 Å². The molecule has 0 saturated heterocycles. The lowest BCUT2D eigenvalue weighted by molar-refractivity contribution is -0.135. The molecule has 0 aliphatic carbocycles. The van der Waals surface area contributed by atoms with Gasteiger partial charge in [-0.1, -0.05) is 30.3 Å². The van der Waals surface area contributed by atoms with E-state index in [1.165, 1.54) is 0 Å². The minimum absolute atomic E-state index is 0.149. The van der Waals surface area contributed by atoms with Crippen LogP contribution in [0.15, 0.2) is 72.0 Å². The summed E-state index contributed by atoms with van der Waals surface area (Å²) in [5, 5.41) is 0. The summed E-state index contributed by atoms with van der Waals surface area (Å²) >= 11 is 0. The maximum atomic E-state index is 13.2. The molecule has 3 aliphatic rings. The molecule has 0 radical (unpaired) electrons. The van der Waals surface area contributed by atoms with Gasteiger partial charge in [0.2, 0.25) is 5.78 Å². The van der Waals surface area contributed by atoms with Gasteiger partial charge in [-0.2, -0.15) is 0 Å². The second-order valence-electron chi connectivity index (χ2n) is 8.34. The maximum absolute atomic E-state index is 13.2. The molecule has 1 atom stereocenters. The minimum atomic E-state index is -0.324. The van der Waals surface area contributed by atoms with E-state index in [9.17, 15) is 9.59 Å². The second kappa shape index (κ2) is 7.92. The van der Waals surface area contributed by atoms with Crippen molar-refractivity contribution in [1.82, 2.24) is 0 Å². The lowest BCUT2D eigenvalue weighted by atomic mass is 9.83. The Kier molecular flexibility index (Phi) is 4.73. The first kappa shape index (κ1) is 20.3. The topological polar surface area (TPSA) is 71.1 Å². The predicted molar refractivity (Wildman–Crippen MR) is 125 cm³/mol. The number of Topliss-reactive ketones (excluding diaryl/α,β-unsaturated/α-hetero) is 1. The number of ketones is 1. The van der Waals surface area contributed by atoms with E-state index in [1.54, 1.807) is 25.3 Å². The molecule has 6 nitrogen and oxygen atoms in total. The van der Waals surface area contributed by atoms with Crippen LogP contribution in [0.4, 0.5) is 0 Å². The van der Waals surface area contributed by atoms with Crippen molar-refractivity contribution in [1.29, 1.82) is 0 Å². The van der Waals surface area contributed by atoms with Crippen LogP contribution in [0.2, 0.25) is 0 Å². The molecule has 6 heteroatoms. The lowest BCUT2D eigenvalue weighted by Crippen LogP contribution is -2.24. The zero-order valence-corrected chi connectivity index (χ0v) is 18.4. The average Bonchev–Trinajstić information content (AvgIpc) is 3.18. The molecule has 3 aliphatic heterocycles. The van der Waals surface area contributed by atoms with Gasteiger partial charge in [-0.3, -0.25) is 9.59 Å². The number of carbonyl (C=O) groups excluding carboxylic acids is 2. The standard InChI is InChI=1S/C28H20O6/c1-31-19-8-6-16(7-9-19)12-24-27(30)20-10-11-23-26(28(20)34-24)21(14-25(29)33-23)18-13-17-4-2-3-5-22(17)32-15-18/h2-13,21H,14-15H2,1H3/b24-12-/t21-/m1/s1. The number of esters is 1. The Bertz CT molecular complexity index is 1400. The molecule has 0 bridgehead atoms. The van der Waals surface area contributed by atoms with Gasteiger partial charge in [0.15, 0.2) is 5.76 Å². The summed E-state index contributed by atoms with van der Waals surface area (Å²) in [6.07, 6.45) is 3.91. The van der Waals surface area contributed by atoms with Crippen LogP contribution < -0.4 is 18.9 Å². The highest BCUT2D eigenvalue weighted by atomic mass is 16.5. The monoisotopic (exact) mass is 452 g/mol. The molecular weight excluding hydrogens is 432 g/mol. The van der Waals surface area contributed by atoms with E-state index in [4.69, 9.17) is 18.9 Å². The Labute approximate surface area is 196 Å². The van der Waals surface area contributed by atoms with Crippen LogP contribution in [0.25, 0.3) is 12.2 Å². The fourth-order valence-electron chi connectivity index (χ4n) is 4.61. The number of benzene rings is 3. The number of hydrogen-bond donors (Lipinski definition) is 0. The molecule has 3 aromatic carbocycles. The molecule has 0 amide bonds. The third kappa shape index (κ3) is 3.35. The molecule has 168 valence electrons.